The van der Waals surface area contributed by atoms with Gasteiger partial charge in [-0.3, -0.25) is 4.79 Å². The molecule has 0 aliphatic rings. The number of nitrogens with zero attached hydrogens (tertiary/aromatic N) is 4. The monoisotopic (exact) mass is 586 g/mol. The predicted molar refractivity (Wildman–Crippen MR) is 145 cm³/mol. The SMILES string of the molecule is COc1ccc(-c2cc(-c3ccccc3)nc3ncn4c(=O)c5c(Br)cc(Br)cc5nc4c23)cc1. The molecule has 0 bridgehead atoms. The lowest BCUT2D eigenvalue weighted by Gasteiger charge is -2.13. The van der Waals surface area contributed by atoms with Gasteiger partial charge in [0.05, 0.1) is 29.1 Å². The largest absolute Gasteiger partial charge is 0.497 e. The van der Waals surface area contributed by atoms with Gasteiger partial charge in [-0.15, -0.1) is 0 Å². The molecule has 0 fully saturated rings. The zero-order chi connectivity index (χ0) is 24.1. The van der Waals surface area contributed by atoms with E-state index in [0.29, 0.717) is 32.1 Å². The standard InChI is InChI=1S/C27H16Br2N4O2/c1-35-18-9-7-15(8-10-18)19-13-21(16-5-3-2-4-6-16)31-25-23(19)26-32-22-12-17(28)11-20(29)24(22)27(34)33(26)14-30-25/h2-14H,1H3. The number of benzene rings is 3. The van der Waals surface area contributed by atoms with Crippen molar-refractivity contribution in [3.63, 3.8) is 0 Å². The minimum Gasteiger partial charge on any atom is -0.497 e. The van der Waals surface area contributed by atoms with Gasteiger partial charge in [-0.1, -0.05) is 58.4 Å². The molecule has 6 aromatic rings. The summed E-state index contributed by atoms with van der Waals surface area (Å²) in [7, 11) is 1.64. The minimum absolute atomic E-state index is 0.202. The molecule has 6 rings (SSSR count). The third kappa shape index (κ3) is 3.69. The Morgan fingerprint density at radius 3 is 2.37 bits per heavy atom. The van der Waals surface area contributed by atoms with E-state index in [-0.39, 0.29) is 5.56 Å². The van der Waals surface area contributed by atoms with Crippen molar-refractivity contribution in [2.75, 3.05) is 7.11 Å². The predicted octanol–water partition coefficient (Wildman–Crippen LogP) is 6.66. The first-order chi connectivity index (χ1) is 17.0. The fraction of sp³-hybridized carbons (Fsp3) is 0.0370. The van der Waals surface area contributed by atoms with E-state index in [0.717, 1.165) is 32.6 Å². The van der Waals surface area contributed by atoms with Crippen LogP contribution in [0.4, 0.5) is 0 Å². The van der Waals surface area contributed by atoms with E-state index in [1.54, 1.807) is 7.11 Å². The van der Waals surface area contributed by atoms with Crippen LogP contribution in [0.1, 0.15) is 0 Å². The quantitative estimate of drug-likeness (QED) is 0.171. The highest BCUT2D eigenvalue weighted by atomic mass is 79.9. The van der Waals surface area contributed by atoms with Crippen LogP contribution in [0.25, 0.3) is 50.0 Å². The van der Waals surface area contributed by atoms with E-state index in [4.69, 9.17) is 14.7 Å². The summed E-state index contributed by atoms with van der Waals surface area (Å²) in [4.78, 5) is 27.8. The van der Waals surface area contributed by atoms with Crippen molar-refractivity contribution in [2.45, 2.75) is 0 Å². The number of aromatic nitrogens is 4. The molecule has 3 aromatic heterocycles. The molecule has 6 nitrogen and oxygen atoms in total. The normalized spacial score (nSPS) is 11.4. The fourth-order valence-electron chi connectivity index (χ4n) is 4.24. The van der Waals surface area contributed by atoms with Crippen molar-refractivity contribution >= 4 is 59.4 Å². The molecule has 0 atom stereocenters. The van der Waals surface area contributed by atoms with Crippen molar-refractivity contribution in [3.8, 4) is 28.1 Å². The van der Waals surface area contributed by atoms with Crippen LogP contribution in [0.3, 0.4) is 0 Å². The van der Waals surface area contributed by atoms with Gasteiger partial charge in [-0.05, 0) is 57.4 Å². The maximum atomic E-state index is 13.5. The number of pyridine rings is 1. The highest BCUT2D eigenvalue weighted by Crippen LogP contribution is 2.35. The summed E-state index contributed by atoms with van der Waals surface area (Å²) in [6.07, 6.45) is 1.50. The Balaban J connectivity index is 1.77. The van der Waals surface area contributed by atoms with Gasteiger partial charge in [-0.2, -0.15) is 0 Å². The van der Waals surface area contributed by atoms with Crippen molar-refractivity contribution in [2.24, 2.45) is 0 Å². The van der Waals surface area contributed by atoms with Crippen LogP contribution >= 0.6 is 31.9 Å². The molecule has 170 valence electrons. The first kappa shape index (κ1) is 21.9. The molecule has 8 heteroatoms. The van der Waals surface area contributed by atoms with Crippen LogP contribution in [0.5, 0.6) is 5.75 Å². The van der Waals surface area contributed by atoms with E-state index in [1.165, 1.54) is 10.7 Å². The minimum atomic E-state index is -0.202. The summed E-state index contributed by atoms with van der Waals surface area (Å²) in [5.41, 5.74) is 4.96. The number of hydrogen-bond acceptors (Lipinski definition) is 5. The summed E-state index contributed by atoms with van der Waals surface area (Å²) in [5, 5.41) is 1.19. The maximum absolute atomic E-state index is 13.5. The number of methoxy groups -OCH3 is 1. The molecule has 0 spiro atoms. The molecule has 0 unspecified atom stereocenters. The number of halogens is 2. The van der Waals surface area contributed by atoms with Gasteiger partial charge < -0.3 is 4.74 Å². The van der Waals surface area contributed by atoms with E-state index in [1.807, 2.05) is 72.8 Å². The summed E-state index contributed by atoms with van der Waals surface area (Å²) in [6.45, 7) is 0. The first-order valence-electron chi connectivity index (χ1n) is 10.7. The van der Waals surface area contributed by atoms with Crippen LogP contribution in [0, 0.1) is 0 Å². The first-order valence-corrected chi connectivity index (χ1v) is 12.3. The van der Waals surface area contributed by atoms with Crippen molar-refractivity contribution in [1.82, 2.24) is 19.4 Å². The average Bonchev–Trinajstić information content (AvgIpc) is 2.88. The van der Waals surface area contributed by atoms with E-state index in [9.17, 15) is 4.79 Å². The molecule has 0 N–H and O–H groups in total. The van der Waals surface area contributed by atoms with Crippen LogP contribution < -0.4 is 10.3 Å². The molecule has 0 aliphatic heterocycles. The number of rotatable bonds is 3. The van der Waals surface area contributed by atoms with Gasteiger partial charge in [0, 0.05) is 14.5 Å². The van der Waals surface area contributed by atoms with Crippen molar-refractivity contribution in [1.29, 1.82) is 0 Å². The van der Waals surface area contributed by atoms with Crippen LogP contribution in [0.15, 0.2) is 92.9 Å². The number of hydrogen-bond donors (Lipinski definition) is 0. The Kier molecular flexibility index (Phi) is 5.35. The van der Waals surface area contributed by atoms with E-state index >= 15 is 0 Å². The summed E-state index contributed by atoms with van der Waals surface area (Å²) < 4.78 is 8.33. The second-order valence-electron chi connectivity index (χ2n) is 7.99. The van der Waals surface area contributed by atoms with Crippen LogP contribution in [-0.4, -0.2) is 26.5 Å². The second kappa shape index (κ2) is 8.55. The molecular weight excluding hydrogens is 572 g/mol. The smallest absolute Gasteiger partial charge is 0.268 e. The van der Waals surface area contributed by atoms with Crippen LogP contribution in [0.2, 0.25) is 0 Å². The molecule has 35 heavy (non-hydrogen) atoms. The molecule has 0 aliphatic carbocycles. The molecule has 0 saturated heterocycles. The van der Waals surface area contributed by atoms with Crippen molar-refractivity contribution in [3.05, 3.63) is 98.4 Å². The van der Waals surface area contributed by atoms with E-state index in [2.05, 4.69) is 36.8 Å². The Bertz CT molecular complexity index is 1820. The zero-order valence-electron chi connectivity index (χ0n) is 18.4. The van der Waals surface area contributed by atoms with Crippen molar-refractivity contribution < 1.29 is 4.74 Å². The van der Waals surface area contributed by atoms with E-state index < -0.39 is 0 Å². The molecule has 0 amide bonds. The van der Waals surface area contributed by atoms with Gasteiger partial charge in [-0.25, -0.2) is 19.4 Å². The van der Waals surface area contributed by atoms with Gasteiger partial charge in [0.25, 0.3) is 5.56 Å². The molecular formula is C27H16Br2N4O2. The second-order valence-corrected chi connectivity index (χ2v) is 9.76. The number of fused-ring (bicyclic) bond motifs is 4. The summed E-state index contributed by atoms with van der Waals surface area (Å²) in [5.74, 6) is 0.758. The Morgan fingerprint density at radius 2 is 1.63 bits per heavy atom. The maximum Gasteiger partial charge on any atom is 0.268 e. The fourth-order valence-corrected chi connectivity index (χ4v) is 5.61. The molecule has 0 radical (unpaired) electrons. The zero-order valence-corrected chi connectivity index (χ0v) is 21.5. The molecule has 3 heterocycles. The third-order valence-corrected chi connectivity index (χ3v) is 6.99. The Hall–Kier alpha value is -3.62. The third-order valence-electron chi connectivity index (χ3n) is 5.91. The lowest BCUT2D eigenvalue weighted by Crippen LogP contribution is -2.17. The van der Waals surface area contributed by atoms with Gasteiger partial charge >= 0.3 is 0 Å². The Labute approximate surface area is 216 Å². The summed E-state index contributed by atoms with van der Waals surface area (Å²) in [6, 6.07) is 23.4. The highest BCUT2D eigenvalue weighted by molar-refractivity contribution is 9.11. The molecule has 3 aromatic carbocycles. The molecule has 0 saturated carbocycles. The lowest BCUT2D eigenvalue weighted by atomic mass is 9.99. The lowest BCUT2D eigenvalue weighted by molar-refractivity contribution is 0.415. The number of ether oxygens (including phenoxy) is 1. The van der Waals surface area contributed by atoms with Gasteiger partial charge in [0.15, 0.2) is 11.3 Å². The van der Waals surface area contributed by atoms with Gasteiger partial charge in [0.1, 0.15) is 12.1 Å². The van der Waals surface area contributed by atoms with Gasteiger partial charge in [0.2, 0.25) is 0 Å². The van der Waals surface area contributed by atoms with Crippen LogP contribution in [-0.2, 0) is 0 Å². The highest BCUT2D eigenvalue weighted by Gasteiger charge is 2.18. The average molecular weight is 588 g/mol. The Morgan fingerprint density at radius 1 is 0.857 bits per heavy atom. The summed E-state index contributed by atoms with van der Waals surface area (Å²) >= 11 is 7.01. The topological polar surface area (TPSA) is 69.4 Å².